The van der Waals surface area contributed by atoms with Crippen LogP contribution in [-0.4, -0.2) is 34.0 Å². The van der Waals surface area contributed by atoms with Crippen molar-refractivity contribution in [3.8, 4) is 5.75 Å². The number of carbonyl (C=O) groups excluding carboxylic acids is 1. The van der Waals surface area contributed by atoms with Crippen molar-refractivity contribution in [2.75, 3.05) is 18.2 Å². The number of methoxy groups -OCH3 is 1. The van der Waals surface area contributed by atoms with E-state index in [1.165, 1.54) is 11.8 Å². The van der Waals surface area contributed by atoms with Gasteiger partial charge in [-0.1, -0.05) is 44.7 Å². The molecule has 0 spiro atoms. The fourth-order valence-corrected chi connectivity index (χ4v) is 5.07. The van der Waals surface area contributed by atoms with Crippen molar-refractivity contribution in [2.45, 2.75) is 50.1 Å². The highest BCUT2D eigenvalue weighted by Crippen LogP contribution is 2.66. The van der Waals surface area contributed by atoms with Crippen LogP contribution < -0.4 is 10.1 Å². The molecule has 7 heteroatoms. The third kappa shape index (κ3) is 2.79. The van der Waals surface area contributed by atoms with E-state index >= 15 is 0 Å². The second-order valence-electron chi connectivity index (χ2n) is 8.01. The Morgan fingerprint density at radius 2 is 2.07 bits per heavy atom. The van der Waals surface area contributed by atoms with E-state index in [0.29, 0.717) is 22.5 Å². The number of benzene rings is 1. The first kappa shape index (κ1) is 18.2. The summed E-state index contributed by atoms with van der Waals surface area (Å²) in [6.07, 6.45) is 2.29. The van der Waals surface area contributed by atoms with Gasteiger partial charge in [-0.05, 0) is 30.4 Å². The Bertz CT molecular complexity index is 901. The molecule has 0 saturated heterocycles. The second-order valence-corrected chi connectivity index (χ2v) is 8.95. The van der Waals surface area contributed by atoms with E-state index in [0.717, 1.165) is 24.2 Å². The van der Waals surface area contributed by atoms with E-state index in [-0.39, 0.29) is 22.5 Å². The summed E-state index contributed by atoms with van der Waals surface area (Å²) in [6, 6.07) is 7.35. The minimum absolute atomic E-state index is 0.0396. The van der Waals surface area contributed by atoms with Gasteiger partial charge in [-0.15, -0.1) is 5.10 Å². The zero-order valence-electron chi connectivity index (χ0n) is 16.1. The van der Waals surface area contributed by atoms with Crippen molar-refractivity contribution in [3.63, 3.8) is 0 Å². The van der Waals surface area contributed by atoms with Gasteiger partial charge < -0.3 is 10.1 Å². The van der Waals surface area contributed by atoms with Gasteiger partial charge in [0.1, 0.15) is 5.75 Å². The molecule has 1 saturated carbocycles. The molecule has 2 aliphatic rings. The van der Waals surface area contributed by atoms with E-state index in [1.807, 2.05) is 24.3 Å². The molecule has 0 unspecified atom stereocenters. The molecule has 4 rings (SSSR count). The molecule has 1 aromatic heterocycles. The van der Waals surface area contributed by atoms with Crippen LogP contribution in [0, 0.1) is 5.41 Å². The summed E-state index contributed by atoms with van der Waals surface area (Å²) in [5, 5.41) is 12.2. The van der Waals surface area contributed by atoms with Gasteiger partial charge in [0.15, 0.2) is 0 Å². The maximum absolute atomic E-state index is 12.3. The van der Waals surface area contributed by atoms with Crippen LogP contribution in [0.4, 0.5) is 5.69 Å². The fraction of sp³-hybridized carbons (Fsp3) is 0.500. The Morgan fingerprint density at radius 1 is 1.30 bits per heavy atom. The fourth-order valence-electron chi connectivity index (χ4n) is 4.49. The van der Waals surface area contributed by atoms with Gasteiger partial charge in [-0.25, -0.2) is 4.98 Å². The molecule has 1 fully saturated rings. The molecule has 1 amide bonds. The molecule has 1 heterocycles. The lowest BCUT2D eigenvalue weighted by atomic mass is 9.70. The van der Waals surface area contributed by atoms with Crippen LogP contribution >= 0.6 is 11.8 Å². The standard InChI is InChI=1S/C20H24N4O2S/c1-19(2)12-9-10-20(19,3)17-16(12)23-24-18(22-17)27-11-15(25)21-13-7-5-6-8-14(13)26-4/h5-8,12H,9-11H2,1-4H3,(H,21,25)/t12-,20-/m1/s1. The number of nitrogens with zero attached hydrogens (tertiary/aromatic N) is 3. The topological polar surface area (TPSA) is 77.0 Å². The first-order chi connectivity index (χ1) is 12.9. The van der Waals surface area contributed by atoms with Crippen molar-refractivity contribution in [3.05, 3.63) is 35.7 Å². The van der Waals surface area contributed by atoms with Gasteiger partial charge in [0.05, 0.1) is 29.9 Å². The lowest BCUT2D eigenvalue weighted by molar-refractivity contribution is -0.113. The Balaban J connectivity index is 1.46. The largest absolute Gasteiger partial charge is 0.495 e. The number of rotatable bonds is 5. The number of para-hydroxylation sites is 2. The zero-order valence-corrected chi connectivity index (χ0v) is 16.9. The average molecular weight is 385 g/mol. The van der Waals surface area contributed by atoms with Gasteiger partial charge in [-0.2, -0.15) is 5.10 Å². The molecule has 1 aromatic carbocycles. The minimum atomic E-state index is -0.123. The first-order valence-electron chi connectivity index (χ1n) is 9.17. The lowest BCUT2D eigenvalue weighted by Gasteiger charge is -2.33. The zero-order chi connectivity index (χ0) is 19.2. The maximum atomic E-state index is 12.3. The summed E-state index contributed by atoms with van der Waals surface area (Å²) in [5.74, 6) is 1.17. The Hall–Kier alpha value is -2.15. The smallest absolute Gasteiger partial charge is 0.234 e. The summed E-state index contributed by atoms with van der Waals surface area (Å²) >= 11 is 1.32. The lowest BCUT2D eigenvalue weighted by Crippen LogP contribution is -2.32. The van der Waals surface area contributed by atoms with Crippen LogP contribution in [0.3, 0.4) is 0 Å². The number of hydrogen-bond donors (Lipinski definition) is 1. The number of carbonyl (C=O) groups is 1. The summed E-state index contributed by atoms with van der Waals surface area (Å²) in [4.78, 5) is 17.1. The second kappa shape index (κ2) is 6.48. The van der Waals surface area contributed by atoms with Crippen molar-refractivity contribution in [1.82, 2.24) is 15.2 Å². The van der Waals surface area contributed by atoms with Crippen LogP contribution in [0.2, 0.25) is 0 Å². The molecule has 2 aromatic rings. The molecular formula is C20H24N4O2S. The molecule has 142 valence electrons. The van der Waals surface area contributed by atoms with E-state index in [4.69, 9.17) is 9.72 Å². The van der Waals surface area contributed by atoms with Gasteiger partial charge in [-0.3, -0.25) is 4.79 Å². The van der Waals surface area contributed by atoms with Gasteiger partial charge in [0.2, 0.25) is 11.1 Å². The minimum Gasteiger partial charge on any atom is -0.495 e. The number of ether oxygens (including phenoxy) is 1. The number of anilines is 1. The third-order valence-electron chi connectivity index (χ3n) is 6.49. The van der Waals surface area contributed by atoms with Crippen LogP contribution in [-0.2, 0) is 10.2 Å². The number of aromatic nitrogens is 3. The van der Waals surface area contributed by atoms with Crippen LogP contribution in [0.5, 0.6) is 5.75 Å². The van der Waals surface area contributed by atoms with Gasteiger partial charge in [0.25, 0.3) is 0 Å². The molecule has 0 aliphatic heterocycles. The molecule has 6 nitrogen and oxygen atoms in total. The summed E-state index contributed by atoms with van der Waals surface area (Å²) in [5.41, 5.74) is 2.98. The van der Waals surface area contributed by atoms with Crippen molar-refractivity contribution in [2.24, 2.45) is 5.41 Å². The molecule has 0 radical (unpaired) electrons. The summed E-state index contributed by atoms with van der Waals surface area (Å²) < 4.78 is 5.26. The monoisotopic (exact) mass is 384 g/mol. The van der Waals surface area contributed by atoms with Gasteiger partial charge in [0, 0.05) is 11.3 Å². The SMILES string of the molecule is COc1ccccc1NC(=O)CSc1nnc2c(n1)[C@@]1(C)CC[C@H]2C1(C)C. The number of amides is 1. The third-order valence-corrected chi connectivity index (χ3v) is 7.32. The Labute approximate surface area is 163 Å². The molecule has 2 atom stereocenters. The highest BCUT2D eigenvalue weighted by Gasteiger charge is 2.61. The molecule has 2 aliphatic carbocycles. The highest BCUT2D eigenvalue weighted by molar-refractivity contribution is 7.99. The number of fused-ring (bicyclic) bond motifs is 5. The molecular weight excluding hydrogens is 360 g/mol. The predicted octanol–water partition coefficient (Wildman–Crippen LogP) is 3.79. The van der Waals surface area contributed by atoms with E-state index in [9.17, 15) is 4.79 Å². The van der Waals surface area contributed by atoms with E-state index in [2.05, 4.69) is 36.3 Å². The normalized spacial score (nSPS) is 24.5. The summed E-state index contributed by atoms with van der Waals surface area (Å²) in [6.45, 7) is 6.90. The quantitative estimate of drug-likeness (QED) is 0.791. The number of nitrogens with one attached hydrogen (secondary N) is 1. The number of hydrogen-bond acceptors (Lipinski definition) is 6. The van der Waals surface area contributed by atoms with Crippen LogP contribution in [0.1, 0.15) is 50.9 Å². The van der Waals surface area contributed by atoms with Crippen LogP contribution in [0.15, 0.2) is 29.4 Å². The van der Waals surface area contributed by atoms with Crippen LogP contribution in [0.25, 0.3) is 0 Å². The molecule has 2 bridgehead atoms. The predicted molar refractivity (Wildman–Crippen MR) is 105 cm³/mol. The first-order valence-corrected chi connectivity index (χ1v) is 10.2. The number of thioether (sulfide) groups is 1. The molecule has 1 N–H and O–H groups in total. The summed E-state index contributed by atoms with van der Waals surface area (Å²) in [7, 11) is 1.58. The van der Waals surface area contributed by atoms with Crippen molar-refractivity contribution in [1.29, 1.82) is 0 Å². The maximum Gasteiger partial charge on any atom is 0.234 e. The average Bonchev–Trinajstić information content (AvgIpc) is 2.99. The highest BCUT2D eigenvalue weighted by atomic mass is 32.2. The Kier molecular flexibility index (Phi) is 4.37. The van der Waals surface area contributed by atoms with E-state index in [1.54, 1.807) is 7.11 Å². The molecule has 27 heavy (non-hydrogen) atoms. The van der Waals surface area contributed by atoms with Gasteiger partial charge >= 0.3 is 0 Å². The van der Waals surface area contributed by atoms with Crippen molar-refractivity contribution >= 4 is 23.4 Å². The van der Waals surface area contributed by atoms with Crippen molar-refractivity contribution < 1.29 is 9.53 Å². The van der Waals surface area contributed by atoms with E-state index < -0.39 is 0 Å². The Morgan fingerprint density at radius 3 is 2.85 bits per heavy atom.